The van der Waals surface area contributed by atoms with Gasteiger partial charge in [-0.25, -0.2) is 4.79 Å². The van der Waals surface area contributed by atoms with Gasteiger partial charge in [-0.1, -0.05) is 6.07 Å². The summed E-state index contributed by atoms with van der Waals surface area (Å²) >= 11 is 0. The molecule has 2 aromatic heterocycles. The van der Waals surface area contributed by atoms with Crippen LogP contribution in [0, 0.1) is 6.92 Å². The van der Waals surface area contributed by atoms with Crippen LogP contribution in [0.25, 0.3) is 10.9 Å². The number of nitrogen functional groups attached to an aromatic ring is 1. The minimum Gasteiger partial charge on any atom is -0.444 e. The molecule has 1 aliphatic heterocycles. The van der Waals surface area contributed by atoms with Crippen molar-refractivity contribution >= 4 is 28.7 Å². The van der Waals surface area contributed by atoms with Crippen LogP contribution in [-0.4, -0.2) is 43.8 Å². The fourth-order valence-electron chi connectivity index (χ4n) is 3.69. The predicted molar refractivity (Wildman–Crippen MR) is 110 cm³/mol. The lowest BCUT2D eigenvalue weighted by molar-refractivity contribution is 0.0218. The first kappa shape index (κ1) is 19.0. The van der Waals surface area contributed by atoms with Gasteiger partial charge in [-0.2, -0.15) is 4.68 Å². The molecule has 1 aromatic carbocycles. The van der Waals surface area contributed by atoms with Crippen molar-refractivity contribution in [2.24, 2.45) is 0 Å². The molecule has 8 nitrogen and oxygen atoms in total. The third-order valence-electron chi connectivity index (χ3n) is 4.97. The lowest BCUT2D eigenvalue weighted by Crippen LogP contribution is -2.40. The van der Waals surface area contributed by atoms with Gasteiger partial charge in [0.15, 0.2) is 0 Å². The van der Waals surface area contributed by atoms with Gasteiger partial charge < -0.3 is 20.4 Å². The van der Waals surface area contributed by atoms with Gasteiger partial charge in [-0.15, -0.1) is 5.10 Å². The highest BCUT2D eigenvalue weighted by Crippen LogP contribution is 2.27. The number of aryl methyl sites for hydroxylation is 1. The molecule has 0 fully saturated rings. The maximum Gasteiger partial charge on any atom is 0.410 e. The number of aromatic nitrogens is 3. The molecule has 0 atom stereocenters. The number of carbonyl (C=O) groups is 2. The quantitative estimate of drug-likeness (QED) is 0.658. The van der Waals surface area contributed by atoms with E-state index in [9.17, 15) is 9.59 Å². The minimum atomic E-state index is -0.589. The van der Waals surface area contributed by atoms with Gasteiger partial charge in [0.25, 0.3) is 5.91 Å². The topological polar surface area (TPSA) is 106 Å². The van der Waals surface area contributed by atoms with Gasteiger partial charge in [0, 0.05) is 28.7 Å². The first-order valence-electron chi connectivity index (χ1n) is 9.61. The molecular formula is C21H25N5O3. The molecule has 0 aliphatic carbocycles. The van der Waals surface area contributed by atoms with Crippen LogP contribution in [0.2, 0.25) is 0 Å². The monoisotopic (exact) mass is 395 g/mol. The Hall–Kier alpha value is -3.29. The fourth-order valence-corrected chi connectivity index (χ4v) is 3.69. The number of anilines is 1. The van der Waals surface area contributed by atoms with Crippen molar-refractivity contribution in [1.29, 1.82) is 0 Å². The highest BCUT2D eigenvalue weighted by atomic mass is 16.6. The highest BCUT2D eigenvalue weighted by molar-refractivity contribution is 6.07. The molecule has 3 aromatic rings. The second-order valence-electron chi connectivity index (χ2n) is 8.40. The van der Waals surface area contributed by atoms with Gasteiger partial charge in [0.2, 0.25) is 0 Å². The molecule has 0 radical (unpaired) electrons. The number of nitrogens with zero attached hydrogens (tertiary/aromatic N) is 3. The van der Waals surface area contributed by atoms with E-state index in [0.29, 0.717) is 30.0 Å². The second-order valence-corrected chi connectivity index (χ2v) is 8.40. The van der Waals surface area contributed by atoms with E-state index in [1.54, 1.807) is 11.0 Å². The Labute approximate surface area is 168 Å². The van der Waals surface area contributed by atoms with Crippen molar-refractivity contribution in [3.8, 4) is 0 Å². The minimum absolute atomic E-state index is 0.225. The zero-order chi connectivity index (χ0) is 20.9. The summed E-state index contributed by atoms with van der Waals surface area (Å²) in [5.41, 5.74) is 9.34. The Morgan fingerprint density at radius 3 is 2.76 bits per heavy atom. The molecule has 0 bridgehead atoms. The summed E-state index contributed by atoms with van der Waals surface area (Å²) in [6, 6.07) is 7.47. The SMILES string of the molecule is Cc1cc2c(C(=O)n3nc(N)c4c3CN(C(=O)OC(C)(C)C)CC4)cccc2[nH]1. The highest BCUT2D eigenvalue weighted by Gasteiger charge is 2.31. The van der Waals surface area contributed by atoms with Crippen molar-refractivity contribution in [2.45, 2.75) is 46.3 Å². The van der Waals surface area contributed by atoms with E-state index in [2.05, 4.69) is 10.1 Å². The summed E-state index contributed by atoms with van der Waals surface area (Å²) in [5.74, 6) is 0.0585. The van der Waals surface area contributed by atoms with E-state index in [-0.39, 0.29) is 12.5 Å². The number of carbonyl (C=O) groups excluding carboxylic acids is 2. The van der Waals surface area contributed by atoms with E-state index < -0.39 is 11.7 Å². The fraction of sp³-hybridized carbons (Fsp3) is 0.381. The molecule has 3 heterocycles. The molecule has 8 heteroatoms. The van der Waals surface area contributed by atoms with Gasteiger partial charge in [0.05, 0.1) is 17.8 Å². The maximum absolute atomic E-state index is 13.4. The standard InChI is InChI=1S/C21H25N5O3/c1-12-10-15-13(6-5-7-16(15)23-12)19(27)26-17-11-25(20(28)29-21(2,3)4)9-8-14(17)18(22)24-26/h5-7,10,23H,8-9,11H2,1-4H3,(H2,22,24). The number of nitrogens with one attached hydrogen (secondary N) is 1. The molecule has 0 unspecified atom stereocenters. The van der Waals surface area contributed by atoms with Crippen molar-refractivity contribution in [3.05, 3.63) is 46.8 Å². The average molecular weight is 395 g/mol. The number of rotatable bonds is 1. The zero-order valence-electron chi connectivity index (χ0n) is 17.1. The third kappa shape index (κ3) is 3.46. The third-order valence-corrected chi connectivity index (χ3v) is 4.97. The van der Waals surface area contributed by atoms with Crippen LogP contribution in [0.3, 0.4) is 0 Å². The van der Waals surface area contributed by atoms with E-state index in [4.69, 9.17) is 10.5 Å². The van der Waals surface area contributed by atoms with Crippen molar-refractivity contribution in [2.75, 3.05) is 12.3 Å². The molecule has 0 spiro atoms. The van der Waals surface area contributed by atoms with Crippen LogP contribution in [-0.2, 0) is 17.7 Å². The van der Waals surface area contributed by atoms with Crippen molar-refractivity contribution in [1.82, 2.24) is 19.7 Å². The Bertz CT molecular complexity index is 1120. The Balaban J connectivity index is 1.70. The predicted octanol–water partition coefficient (Wildman–Crippen LogP) is 3.24. The number of amides is 1. The Morgan fingerprint density at radius 2 is 2.03 bits per heavy atom. The second kappa shape index (κ2) is 6.65. The summed E-state index contributed by atoms with van der Waals surface area (Å²) in [6.45, 7) is 8.12. The van der Waals surface area contributed by atoms with Crippen LogP contribution >= 0.6 is 0 Å². The summed E-state index contributed by atoms with van der Waals surface area (Å²) in [7, 11) is 0. The van der Waals surface area contributed by atoms with Gasteiger partial charge in [0.1, 0.15) is 11.4 Å². The lowest BCUT2D eigenvalue weighted by Gasteiger charge is -2.30. The molecule has 3 N–H and O–H groups in total. The Kier molecular flexibility index (Phi) is 4.37. The van der Waals surface area contributed by atoms with E-state index in [0.717, 1.165) is 22.2 Å². The molecule has 29 heavy (non-hydrogen) atoms. The summed E-state index contributed by atoms with van der Waals surface area (Å²) < 4.78 is 6.81. The van der Waals surface area contributed by atoms with Crippen LogP contribution in [0.4, 0.5) is 10.6 Å². The van der Waals surface area contributed by atoms with Gasteiger partial charge >= 0.3 is 6.09 Å². The van der Waals surface area contributed by atoms with Crippen LogP contribution < -0.4 is 5.73 Å². The van der Waals surface area contributed by atoms with Crippen LogP contribution in [0.15, 0.2) is 24.3 Å². The number of aromatic amines is 1. The summed E-state index contributed by atoms with van der Waals surface area (Å²) in [5, 5.41) is 5.14. The number of nitrogens with two attached hydrogens (primary N) is 1. The molecule has 0 saturated carbocycles. The molecular weight excluding hydrogens is 370 g/mol. The number of fused-ring (bicyclic) bond motifs is 2. The molecule has 1 aliphatic rings. The van der Waals surface area contributed by atoms with Gasteiger partial charge in [-0.3, -0.25) is 4.79 Å². The van der Waals surface area contributed by atoms with E-state index in [1.807, 2.05) is 45.9 Å². The number of ether oxygens (including phenoxy) is 1. The smallest absolute Gasteiger partial charge is 0.410 e. The van der Waals surface area contributed by atoms with E-state index >= 15 is 0 Å². The number of hydrogen-bond donors (Lipinski definition) is 2. The van der Waals surface area contributed by atoms with Crippen LogP contribution in [0.5, 0.6) is 0 Å². The number of H-pyrrole nitrogens is 1. The molecule has 0 saturated heterocycles. The van der Waals surface area contributed by atoms with E-state index in [1.165, 1.54) is 4.68 Å². The molecule has 152 valence electrons. The van der Waals surface area contributed by atoms with Crippen molar-refractivity contribution < 1.29 is 14.3 Å². The Morgan fingerprint density at radius 1 is 1.28 bits per heavy atom. The largest absolute Gasteiger partial charge is 0.444 e. The normalized spacial score (nSPS) is 14.1. The van der Waals surface area contributed by atoms with Crippen LogP contribution in [0.1, 0.15) is 48.1 Å². The lowest BCUT2D eigenvalue weighted by atomic mass is 10.1. The van der Waals surface area contributed by atoms with Crippen molar-refractivity contribution in [3.63, 3.8) is 0 Å². The molecule has 4 rings (SSSR count). The maximum atomic E-state index is 13.4. The first-order chi connectivity index (χ1) is 13.6. The molecule has 1 amide bonds. The number of benzene rings is 1. The summed E-state index contributed by atoms with van der Waals surface area (Å²) in [4.78, 5) is 30.7. The number of hydrogen-bond acceptors (Lipinski definition) is 5. The van der Waals surface area contributed by atoms with Gasteiger partial charge in [-0.05, 0) is 52.3 Å². The zero-order valence-corrected chi connectivity index (χ0v) is 17.1. The average Bonchev–Trinajstić information content (AvgIpc) is 3.18. The first-order valence-corrected chi connectivity index (χ1v) is 9.61. The summed E-state index contributed by atoms with van der Waals surface area (Å²) in [6.07, 6.45) is 0.117.